The summed E-state index contributed by atoms with van der Waals surface area (Å²) in [4.78, 5) is 34.5. The zero-order chi connectivity index (χ0) is 22.5. The highest BCUT2D eigenvalue weighted by atomic mass is 35.5. The summed E-state index contributed by atoms with van der Waals surface area (Å²) in [5, 5.41) is 3.91. The summed E-state index contributed by atoms with van der Waals surface area (Å²) < 4.78 is 0. The molecule has 1 saturated carbocycles. The Morgan fingerprint density at radius 2 is 1.78 bits per heavy atom. The fraction of sp³-hybridized carbons (Fsp3) is 0.458. The summed E-state index contributed by atoms with van der Waals surface area (Å²) in [6.45, 7) is 2.93. The van der Waals surface area contributed by atoms with Crippen LogP contribution in [-0.2, 0) is 11.3 Å². The van der Waals surface area contributed by atoms with Crippen LogP contribution in [0, 0.1) is 5.92 Å². The third-order valence-corrected chi connectivity index (χ3v) is 7.19. The lowest BCUT2D eigenvalue weighted by molar-refractivity contribution is -0.129. The van der Waals surface area contributed by atoms with Crippen molar-refractivity contribution in [1.82, 2.24) is 20.1 Å². The molecule has 8 heteroatoms. The van der Waals surface area contributed by atoms with Crippen LogP contribution in [-0.4, -0.2) is 58.8 Å². The molecule has 2 amide bonds. The minimum absolute atomic E-state index is 0.0553. The summed E-state index contributed by atoms with van der Waals surface area (Å²) in [5.74, 6) is 0.364. The normalized spacial score (nSPS) is 18.5. The first kappa shape index (κ1) is 23.0. The highest BCUT2D eigenvalue weighted by molar-refractivity contribution is 6.42. The van der Waals surface area contributed by atoms with Crippen LogP contribution >= 0.6 is 23.2 Å². The summed E-state index contributed by atoms with van der Waals surface area (Å²) in [6, 6.07) is 10.5. The van der Waals surface area contributed by atoms with Crippen LogP contribution in [0.5, 0.6) is 0 Å². The fourth-order valence-corrected chi connectivity index (χ4v) is 5.05. The number of carbonyl (C=O) groups is 2. The van der Waals surface area contributed by atoms with Gasteiger partial charge in [-0.05, 0) is 49.1 Å². The molecule has 0 bridgehead atoms. The van der Waals surface area contributed by atoms with Crippen molar-refractivity contribution < 1.29 is 9.59 Å². The van der Waals surface area contributed by atoms with E-state index >= 15 is 0 Å². The summed E-state index contributed by atoms with van der Waals surface area (Å²) >= 11 is 12.1. The predicted octanol–water partition coefficient (Wildman–Crippen LogP) is 4.02. The van der Waals surface area contributed by atoms with Gasteiger partial charge in [0, 0.05) is 37.9 Å². The largest absolute Gasteiger partial charge is 0.349 e. The molecule has 0 spiro atoms. The van der Waals surface area contributed by atoms with Gasteiger partial charge in [-0.3, -0.25) is 19.5 Å². The molecular formula is C24H28Cl2N4O2. The Labute approximate surface area is 198 Å². The lowest BCUT2D eigenvalue weighted by Crippen LogP contribution is -2.57. The van der Waals surface area contributed by atoms with Crippen LogP contribution in [0.4, 0.5) is 0 Å². The van der Waals surface area contributed by atoms with Gasteiger partial charge in [0.2, 0.25) is 5.91 Å². The van der Waals surface area contributed by atoms with Crippen LogP contribution in [0.25, 0.3) is 0 Å². The number of aromatic nitrogens is 1. The van der Waals surface area contributed by atoms with E-state index in [4.69, 9.17) is 23.2 Å². The molecule has 1 saturated heterocycles. The standard InChI is InChI=1S/C24H28Cl2N4O2/c25-20-9-8-18(15-21(20)26)24(32)30-13-11-29(12-14-30)22(17-5-1-2-6-17)23(31)28-16-19-7-3-4-10-27-19/h3-4,7-10,15,17,22H,1-2,5-6,11-14,16H2,(H,28,31)/t22-/m1/s1. The SMILES string of the molecule is O=C(NCc1ccccn1)[C@@H](C1CCCC1)N1CCN(C(=O)c2ccc(Cl)c(Cl)c2)CC1. The highest BCUT2D eigenvalue weighted by Crippen LogP contribution is 2.31. The second kappa shape index (κ2) is 10.6. The molecular weight excluding hydrogens is 447 g/mol. The molecule has 1 aliphatic carbocycles. The number of nitrogens with zero attached hydrogens (tertiary/aromatic N) is 3. The van der Waals surface area contributed by atoms with E-state index in [0.29, 0.717) is 54.3 Å². The Bertz CT molecular complexity index is 942. The third-order valence-electron chi connectivity index (χ3n) is 6.45. The van der Waals surface area contributed by atoms with Crippen molar-refractivity contribution in [2.75, 3.05) is 26.2 Å². The second-order valence-electron chi connectivity index (χ2n) is 8.49. The Kier molecular flexibility index (Phi) is 7.66. The van der Waals surface area contributed by atoms with E-state index in [-0.39, 0.29) is 17.9 Å². The first-order chi connectivity index (χ1) is 15.5. The molecule has 2 fully saturated rings. The van der Waals surface area contributed by atoms with E-state index in [1.165, 1.54) is 12.8 Å². The molecule has 1 N–H and O–H groups in total. The van der Waals surface area contributed by atoms with Crippen LogP contribution in [0.15, 0.2) is 42.6 Å². The fourth-order valence-electron chi connectivity index (χ4n) is 4.75. The maximum atomic E-state index is 13.2. The minimum Gasteiger partial charge on any atom is -0.349 e. The maximum absolute atomic E-state index is 13.2. The molecule has 170 valence electrons. The van der Waals surface area contributed by atoms with Gasteiger partial charge in [0.1, 0.15) is 0 Å². The van der Waals surface area contributed by atoms with Gasteiger partial charge in [-0.25, -0.2) is 0 Å². The van der Waals surface area contributed by atoms with Gasteiger partial charge in [-0.15, -0.1) is 0 Å². The van der Waals surface area contributed by atoms with Crippen LogP contribution in [0.2, 0.25) is 10.0 Å². The Balaban J connectivity index is 1.39. The van der Waals surface area contributed by atoms with Crippen molar-refractivity contribution in [2.24, 2.45) is 5.92 Å². The van der Waals surface area contributed by atoms with Crippen LogP contribution in [0.3, 0.4) is 0 Å². The van der Waals surface area contributed by atoms with E-state index < -0.39 is 0 Å². The summed E-state index contributed by atoms with van der Waals surface area (Å²) in [7, 11) is 0. The smallest absolute Gasteiger partial charge is 0.253 e. The van der Waals surface area contributed by atoms with Gasteiger partial charge in [0.05, 0.1) is 28.3 Å². The van der Waals surface area contributed by atoms with Crippen molar-refractivity contribution in [3.05, 3.63) is 63.9 Å². The van der Waals surface area contributed by atoms with Crippen LogP contribution in [0.1, 0.15) is 41.7 Å². The van der Waals surface area contributed by atoms with Crippen molar-refractivity contribution in [3.63, 3.8) is 0 Å². The zero-order valence-electron chi connectivity index (χ0n) is 18.0. The summed E-state index contributed by atoms with van der Waals surface area (Å²) in [5.41, 5.74) is 1.39. The van der Waals surface area contributed by atoms with Crippen LogP contribution < -0.4 is 5.32 Å². The van der Waals surface area contributed by atoms with Crippen molar-refractivity contribution in [2.45, 2.75) is 38.3 Å². The second-order valence-corrected chi connectivity index (χ2v) is 9.30. The molecule has 0 radical (unpaired) electrons. The molecule has 2 aliphatic rings. The lowest BCUT2D eigenvalue weighted by atomic mass is 9.95. The molecule has 0 unspecified atom stereocenters. The van der Waals surface area contributed by atoms with Gasteiger partial charge < -0.3 is 10.2 Å². The lowest BCUT2D eigenvalue weighted by Gasteiger charge is -2.40. The average Bonchev–Trinajstić information content (AvgIpc) is 3.35. The first-order valence-electron chi connectivity index (χ1n) is 11.2. The van der Waals surface area contributed by atoms with Gasteiger partial charge in [0.15, 0.2) is 0 Å². The minimum atomic E-state index is -0.163. The molecule has 4 rings (SSSR count). The number of hydrogen-bond donors (Lipinski definition) is 1. The molecule has 1 atom stereocenters. The van der Waals surface area contributed by atoms with E-state index in [9.17, 15) is 9.59 Å². The number of piperazine rings is 1. The van der Waals surface area contributed by atoms with Crippen molar-refractivity contribution in [3.8, 4) is 0 Å². The first-order valence-corrected chi connectivity index (χ1v) is 11.9. The number of hydrogen-bond acceptors (Lipinski definition) is 4. The van der Waals surface area contributed by atoms with E-state index in [1.54, 1.807) is 24.4 Å². The van der Waals surface area contributed by atoms with Crippen molar-refractivity contribution in [1.29, 1.82) is 0 Å². The maximum Gasteiger partial charge on any atom is 0.253 e. The molecule has 1 aromatic heterocycles. The highest BCUT2D eigenvalue weighted by Gasteiger charge is 2.37. The van der Waals surface area contributed by atoms with Gasteiger partial charge in [-0.1, -0.05) is 42.1 Å². The average molecular weight is 475 g/mol. The number of pyridine rings is 1. The Morgan fingerprint density at radius 1 is 1.03 bits per heavy atom. The number of rotatable bonds is 6. The van der Waals surface area contributed by atoms with E-state index in [0.717, 1.165) is 18.5 Å². The van der Waals surface area contributed by atoms with E-state index in [2.05, 4.69) is 15.2 Å². The van der Waals surface area contributed by atoms with E-state index in [1.807, 2.05) is 23.1 Å². The topological polar surface area (TPSA) is 65.5 Å². The number of benzene rings is 1. The zero-order valence-corrected chi connectivity index (χ0v) is 19.5. The molecule has 1 aliphatic heterocycles. The molecule has 32 heavy (non-hydrogen) atoms. The number of nitrogens with one attached hydrogen (secondary N) is 1. The van der Waals surface area contributed by atoms with Crippen molar-refractivity contribution >= 4 is 35.0 Å². The monoisotopic (exact) mass is 474 g/mol. The molecule has 6 nitrogen and oxygen atoms in total. The molecule has 2 heterocycles. The third kappa shape index (κ3) is 5.42. The van der Waals surface area contributed by atoms with Gasteiger partial charge in [0.25, 0.3) is 5.91 Å². The number of halogens is 2. The summed E-state index contributed by atoms with van der Waals surface area (Å²) in [6.07, 6.45) is 6.23. The molecule has 2 aromatic rings. The van der Waals surface area contributed by atoms with Gasteiger partial charge >= 0.3 is 0 Å². The predicted molar refractivity (Wildman–Crippen MR) is 126 cm³/mol. The Morgan fingerprint density at radius 3 is 2.44 bits per heavy atom. The Hall–Kier alpha value is -2.15. The quantitative estimate of drug-likeness (QED) is 0.686. The van der Waals surface area contributed by atoms with Gasteiger partial charge in [-0.2, -0.15) is 0 Å². The number of carbonyl (C=O) groups excluding carboxylic acids is 2. The number of amides is 2. The molecule has 1 aromatic carbocycles.